The number of rotatable bonds is 2. The molecule has 1 aromatic rings. The fourth-order valence-corrected chi connectivity index (χ4v) is 1.97. The number of nitrogens with two attached hydrogens (primary N) is 1. The van der Waals surface area contributed by atoms with Crippen LogP contribution in [0.4, 0.5) is 5.82 Å². The van der Waals surface area contributed by atoms with Crippen LogP contribution in [0.1, 0.15) is 13.3 Å². The van der Waals surface area contributed by atoms with Crippen LogP contribution in [0, 0.1) is 0 Å². The van der Waals surface area contributed by atoms with Crippen LogP contribution in [-0.4, -0.2) is 33.0 Å². The highest BCUT2D eigenvalue weighted by atomic mass is 16.2. The van der Waals surface area contributed by atoms with E-state index >= 15 is 0 Å². The highest BCUT2D eigenvalue weighted by Gasteiger charge is 2.39. The van der Waals surface area contributed by atoms with Crippen molar-refractivity contribution >= 4 is 5.82 Å². The molecular formula is C10H17N5O2. The quantitative estimate of drug-likeness (QED) is 0.672. The lowest BCUT2D eigenvalue weighted by atomic mass is 9.88. The Hall–Kier alpha value is -1.63. The van der Waals surface area contributed by atoms with E-state index in [1.165, 1.54) is 18.8 Å². The smallest absolute Gasteiger partial charge is 0.346 e. The summed E-state index contributed by atoms with van der Waals surface area (Å²) in [4.78, 5) is 25.2. The first-order valence-corrected chi connectivity index (χ1v) is 5.56. The second kappa shape index (κ2) is 3.69. The fourth-order valence-electron chi connectivity index (χ4n) is 1.97. The molecule has 0 unspecified atom stereocenters. The van der Waals surface area contributed by atoms with E-state index in [4.69, 9.17) is 5.73 Å². The van der Waals surface area contributed by atoms with Gasteiger partial charge in [0.2, 0.25) is 5.82 Å². The summed E-state index contributed by atoms with van der Waals surface area (Å²) in [6.45, 7) is 3.22. The van der Waals surface area contributed by atoms with E-state index in [-0.39, 0.29) is 11.1 Å². The minimum atomic E-state index is -0.422. The Kier molecular flexibility index (Phi) is 2.57. The summed E-state index contributed by atoms with van der Waals surface area (Å²) < 4.78 is 2.23. The Labute approximate surface area is 98.5 Å². The molecule has 7 nitrogen and oxygen atoms in total. The lowest BCUT2D eigenvalue weighted by Gasteiger charge is -2.47. The van der Waals surface area contributed by atoms with Gasteiger partial charge in [0, 0.05) is 27.2 Å². The van der Waals surface area contributed by atoms with Gasteiger partial charge < -0.3 is 10.6 Å². The van der Waals surface area contributed by atoms with Gasteiger partial charge in [0.1, 0.15) is 0 Å². The predicted octanol–water partition coefficient (Wildman–Crippen LogP) is -1.59. The van der Waals surface area contributed by atoms with Gasteiger partial charge in [-0.15, -0.1) is 5.10 Å². The van der Waals surface area contributed by atoms with Crippen LogP contribution < -0.4 is 21.9 Å². The highest BCUT2D eigenvalue weighted by Crippen LogP contribution is 2.23. The van der Waals surface area contributed by atoms with Gasteiger partial charge in [0.25, 0.3) is 5.56 Å². The normalized spacial score (nSPS) is 18.0. The van der Waals surface area contributed by atoms with Crippen molar-refractivity contribution in [1.82, 2.24) is 14.3 Å². The third-order valence-electron chi connectivity index (χ3n) is 3.32. The van der Waals surface area contributed by atoms with Crippen molar-refractivity contribution < 1.29 is 0 Å². The summed E-state index contributed by atoms with van der Waals surface area (Å²) in [6.07, 6.45) is 0.857. The van der Waals surface area contributed by atoms with Gasteiger partial charge >= 0.3 is 5.69 Å². The van der Waals surface area contributed by atoms with Crippen LogP contribution in [0.25, 0.3) is 0 Å². The van der Waals surface area contributed by atoms with E-state index in [0.29, 0.717) is 18.9 Å². The first-order chi connectivity index (χ1) is 7.88. The standard InChI is InChI=1S/C10H17N5O2/c1-4-10(11)5-15(6-10)7-8(16)13(2)9(17)14(3)12-7/h4-6,11H2,1-3H3. The van der Waals surface area contributed by atoms with Crippen molar-refractivity contribution in [1.29, 1.82) is 0 Å². The van der Waals surface area contributed by atoms with Crippen LogP contribution in [0.5, 0.6) is 0 Å². The Morgan fingerprint density at radius 1 is 1.35 bits per heavy atom. The molecule has 1 saturated heterocycles. The zero-order valence-corrected chi connectivity index (χ0v) is 10.3. The minimum Gasteiger partial charge on any atom is -0.347 e. The van der Waals surface area contributed by atoms with E-state index in [1.54, 1.807) is 0 Å². The van der Waals surface area contributed by atoms with Crippen molar-refractivity contribution in [3.63, 3.8) is 0 Å². The molecule has 17 heavy (non-hydrogen) atoms. The molecule has 0 saturated carbocycles. The molecular weight excluding hydrogens is 222 g/mol. The number of aryl methyl sites for hydroxylation is 1. The van der Waals surface area contributed by atoms with E-state index in [1.807, 2.05) is 11.8 Å². The van der Waals surface area contributed by atoms with Crippen LogP contribution in [0.3, 0.4) is 0 Å². The minimum absolute atomic E-state index is 0.235. The van der Waals surface area contributed by atoms with Crippen LogP contribution in [0.2, 0.25) is 0 Å². The monoisotopic (exact) mass is 239 g/mol. The molecule has 1 aromatic heterocycles. The highest BCUT2D eigenvalue weighted by molar-refractivity contribution is 5.41. The first kappa shape index (κ1) is 11.8. The van der Waals surface area contributed by atoms with Crippen molar-refractivity contribution in [3.05, 3.63) is 20.8 Å². The molecule has 2 N–H and O–H groups in total. The van der Waals surface area contributed by atoms with E-state index in [2.05, 4.69) is 5.10 Å². The van der Waals surface area contributed by atoms with Gasteiger partial charge in [-0.1, -0.05) is 6.92 Å². The molecule has 0 amide bonds. The van der Waals surface area contributed by atoms with Crippen LogP contribution >= 0.6 is 0 Å². The van der Waals surface area contributed by atoms with Crippen LogP contribution in [0.15, 0.2) is 9.59 Å². The molecule has 0 aliphatic carbocycles. The maximum atomic E-state index is 11.9. The summed E-state index contributed by atoms with van der Waals surface area (Å²) >= 11 is 0. The molecule has 1 fully saturated rings. The number of hydrogen-bond acceptors (Lipinski definition) is 5. The van der Waals surface area contributed by atoms with Crippen molar-refractivity contribution in [3.8, 4) is 0 Å². The van der Waals surface area contributed by atoms with E-state index in [9.17, 15) is 9.59 Å². The third kappa shape index (κ3) is 1.76. The van der Waals surface area contributed by atoms with Crippen molar-refractivity contribution in [2.75, 3.05) is 18.0 Å². The summed E-state index contributed by atoms with van der Waals surface area (Å²) in [7, 11) is 2.98. The largest absolute Gasteiger partial charge is 0.347 e. The Balaban J connectivity index is 2.37. The molecule has 2 heterocycles. The Morgan fingerprint density at radius 3 is 2.47 bits per heavy atom. The first-order valence-electron chi connectivity index (χ1n) is 5.56. The number of anilines is 1. The summed E-state index contributed by atoms with van der Waals surface area (Å²) in [6, 6.07) is 0. The number of hydrogen-bond donors (Lipinski definition) is 1. The lowest BCUT2D eigenvalue weighted by Crippen LogP contribution is -2.68. The summed E-state index contributed by atoms with van der Waals surface area (Å²) in [5, 5.41) is 4.00. The second-order valence-corrected chi connectivity index (χ2v) is 4.67. The number of aromatic nitrogens is 3. The molecule has 1 aliphatic heterocycles. The average molecular weight is 239 g/mol. The van der Waals surface area contributed by atoms with Gasteiger partial charge in [0.05, 0.1) is 5.54 Å². The molecule has 0 aromatic carbocycles. The lowest BCUT2D eigenvalue weighted by molar-refractivity contribution is 0.316. The molecule has 7 heteroatoms. The molecule has 0 atom stereocenters. The van der Waals surface area contributed by atoms with E-state index < -0.39 is 5.69 Å². The molecule has 1 aliphatic rings. The Morgan fingerprint density at radius 2 is 1.94 bits per heavy atom. The molecule has 0 radical (unpaired) electrons. The Bertz CT molecular complexity index is 553. The maximum absolute atomic E-state index is 11.9. The summed E-state index contributed by atoms with van der Waals surface area (Å²) in [5.41, 5.74) is 5.01. The van der Waals surface area contributed by atoms with Crippen molar-refractivity contribution in [2.45, 2.75) is 18.9 Å². The molecule has 2 rings (SSSR count). The van der Waals surface area contributed by atoms with Gasteiger partial charge in [-0.25, -0.2) is 9.48 Å². The van der Waals surface area contributed by atoms with Crippen LogP contribution in [-0.2, 0) is 14.1 Å². The van der Waals surface area contributed by atoms with Gasteiger partial charge in [-0.2, -0.15) is 0 Å². The second-order valence-electron chi connectivity index (χ2n) is 4.67. The summed E-state index contributed by atoms with van der Waals surface area (Å²) in [5.74, 6) is 0.295. The topological polar surface area (TPSA) is 86.2 Å². The average Bonchev–Trinajstić information content (AvgIpc) is 2.27. The van der Waals surface area contributed by atoms with E-state index in [0.717, 1.165) is 11.0 Å². The van der Waals surface area contributed by atoms with Crippen molar-refractivity contribution in [2.24, 2.45) is 19.8 Å². The molecule has 0 bridgehead atoms. The third-order valence-corrected chi connectivity index (χ3v) is 3.32. The maximum Gasteiger partial charge on any atom is 0.346 e. The fraction of sp³-hybridized carbons (Fsp3) is 0.700. The SMILES string of the molecule is CCC1(N)CN(c2nn(C)c(=O)n(C)c2=O)C1. The molecule has 0 spiro atoms. The molecule has 94 valence electrons. The zero-order chi connectivity index (χ0) is 12.8. The van der Waals surface area contributed by atoms with Gasteiger partial charge in [-0.3, -0.25) is 9.36 Å². The predicted molar refractivity (Wildman–Crippen MR) is 64.1 cm³/mol. The van der Waals surface area contributed by atoms with Gasteiger partial charge in [0.15, 0.2) is 0 Å². The zero-order valence-electron chi connectivity index (χ0n) is 10.3. The van der Waals surface area contributed by atoms with Gasteiger partial charge in [-0.05, 0) is 6.42 Å². The number of nitrogens with zero attached hydrogens (tertiary/aromatic N) is 4.